The first-order valence-electron chi connectivity index (χ1n) is 8.32. The normalized spacial score (nSPS) is 15.0. The van der Waals surface area contributed by atoms with Gasteiger partial charge in [-0.2, -0.15) is 0 Å². The van der Waals surface area contributed by atoms with E-state index in [1.54, 1.807) is 24.5 Å². The Morgan fingerprint density at radius 3 is 2.42 bits per heavy atom. The van der Waals surface area contributed by atoms with E-state index in [1.165, 1.54) is 19.3 Å². The summed E-state index contributed by atoms with van der Waals surface area (Å²) in [5.74, 6) is 0.408. The number of carbonyl (C=O) groups excluding carboxylic acids is 1. The van der Waals surface area contributed by atoms with E-state index in [-0.39, 0.29) is 5.91 Å². The third kappa shape index (κ3) is 4.68. The number of nitrogens with one attached hydrogen (secondary N) is 2. The van der Waals surface area contributed by atoms with E-state index in [0.29, 0.717) is 29.1 Å². The Bertz CT molecular complexity index is 666. The average Bonchev–Trinajstić information content (AvgIpc) is 2.62. The second-order valence-corrected chi connectivity index (χ2v) is 6.52. The summed E-state index contributed by atoms with van der Waals surface area (Å²) in [4.78, 5) is 20.7. The molecule has 6 heteroatoms. The first-order chi connectivity index (χ1) is 11.7. The molecule has 0 atom stereocenters. The van der Waals surface area contributed by atoms with Crippen LogP contribution >= 0.6 is 11.6 Å². The molecule has 5 nitrogen and oxygen atoms in total. The summed E-state index contributed by atoms with van der Waals surface area (Å²) in [7, 11) is 0. The fraction of sp³-hybridized carbons (Fsp3) is 0.389. The van der Waals surface area contributed by atoms with Crippen LogP contribution in [-0.4, -0.2) is 21.9 Å². The molecule has 0 unspecified atom stereocenters. The number of rotatable bonds is 5. The Morgan fingerprint density at radius 2 is 1.75 bits per heavy atom. The van der Waals surface area contributed by atoms with Gasteiger partial charge in [0.25, 0.3) is 5.91 Å². The lowest BCUT2D eigenvalue weighted by atomic mass is 9.96. The highest BCUT2D eigenvalue weighted by Crippen LogP contribution is 2.20. The van der Waals surface area contributed by atoms with Crippen molar-refractivity contribution >= 4 is 23.5 Å². The fourth-order valence-electron chi connectivity index (χ4n) is 2.84. The van der Waals surface area contributed by atoms with E-state index in [1.807, 2.05) is 12.1 Å². The predicted molar refractivity (Wildman–Crippen MR) is 95.1 cm³/mol. The molecule has 1 saturated carbocycles. The molecule has 2 aromatic rings. The van der Waals surface area contributed by atoms with Crippen LogP contribution in [0.4, 0.5) is 5.95 Å². The zero-order valence-corrected chi connectivity index (χ0v) is 14.2. The van der Waals surface area contributed by atoms with E-state index < -0.39 is 0 Å². The molecule has 1 aliphatic carbocycles. The Kier molecular flexibility index (Phi) is 5.64. The fourth-order valence-corrected chi connectivity index (χ4v) is 2.96. The van der Waals surface area contributed by atoms with Crippen LogP contribution in [0.25, 0.3) is 0 Å². The number of carbonyl (C=O) groups is 1. The second-order valence-electron chi connectivity index (χ2n) is 6.08. The van der Waals surface area contributed by atoms with Gasteiger partial charge in [0.05, 0.1) is 5.56 Å². The van der Waals surface area contributed by atoms with Crippen LogP contribution in [0.15, 0.2) is 36.7 Å². The molecule has 0 saturated heterocycles. The zero-order chi connectivity index (χ0) is 16.8. The van der Waals surface area contributed by atoms with Crippen molar-refractivity contribution in [1.29, 1.82) is 0 Å². The SMILES string of the molecule is O=C(NCc1ccc(Cl)cc1)c1cnc(NC2CCCCC2)nc1. The van der Waals surface area contributed by atoms with Gasteiger partial charge in [-0.15, -0.1) is 0 Å². The number of anilines is 1. The third-order valence-electron chi connectivity index (χ3n) is 4.22. The predicted octanol–water partition coefficient (Wildman–Crippen LogP) is 3.80. The summed E-state index contributed by atoms with van der Waals surface area (Å²) >= 11 is 5.85. The summed E-state index contributed by atoms with van der Waals surface area (Å²) in [5, 5.41) is 6.88. The van der Waals surface area contributed by atoms with Gasteiger partial charge in [0, 0.05) is 30.0 Å². The molecule has 1 heterocycles. The molecule has 2 N–H and O–H groups in total. The van der Waals surface area contributed by atoms with Gasteiger partial charge in [-0.1, -0.05) is 43.0 Å². The summed E-state index contributed by atoms with van der Waals surface area (Å²) in [6, 6.07) is 7.82. The van der Waals surface area contributed by atoms with Gasteiger partial charge >= 0.3 is 0 Å². The van der Waals surface area contributed by atoms with E-state index >= 15 is 0 Å². The van der Waals surface area contributed by atoms with Crippen LogP contribution in [0.2, 0.25) is 5.02 Å². The summed E-state index contributed by atoms with van der Waals surface area (Å²) in [5.41, 5.74) is 1.45. The lowest BCUT2D eigenvalue weighted by Crippen LogP contribution is -2.25. The van der Waals surface area contributed by atoms with Crippen molar-refractivity contribution in [2.45, 2.75) is 44.7 Å². The Labute approximate surface area is 146 Å². The number of nitrogens with zero attached hydrogens (tertiary/aromatic N) is 2. The van der Waals surface area contributed by atoms with Crippen LogP contribution < -0.4 is 10.6 Å². The molecule has 126 valence electrons. The number of halogens is 1. The molecule has 1 aromatic carbocycles. The standard InChI is InChI=1S/C18H21ClN4O/c19-15-8-6-13(7-9-15)10-20-17(24)14-11-21-18(22-12-14)23-16-4-2-1-3-5-16/h6-9,11-12,16H,1-5,10H2,(H,20,24)(H,21,22,23). The van der Waals surface area contributed by atoms with E-state index in [0.717, 1.165) is 18.4 Å². The van der Waals surface area contributed by atoms with Crippen molar-refractivity contribution in [3.8, 4) is 0 Å². The molecule has 1 amide bonds. The Hall–Kier alpha value is -2.14. The van der Waals surface area contributed by atoms with Crippen LogP contribution in [-0.2, 0) is 6.54 Å². The minimum Gasteiger partial charge on any atom is -0.351 e. The van der Waals surface area contributed by atoms with Crippen LogP contribution in [0.1, 0.15) is 48.0 Å². The van der Waals surface area contributed by atoms with Crippen molar-refractivity contribution in [2.75, 3.05) is 5.32 Å². The molecule has 1 fully saturated rings. The maximum absolute atomic E-state index is 12.1. The van der Waals surface area contributed by atoms with E-state index in [2.05, 4.69) is 20.6 Å². The zero-order valence-electron chi connectivity index (χ0n) is 13.5. The Balaban J connectivity index is 1.52. The molecular formula is C18H21ClN4O. The van der Waals surface area contributed by atoms with E-state index in [9.17, 15) is 4.79 Å². The number of amides is 1. The van der Waals surface area contributed by atoms with Crippen molar-refractivity contribution < 1.29 is 4.79 Å². The molecule has 0 radical (unpaired) electrons. The van der Waals surface area contributed by atoms with Crippen molar-refractivity contribution in [3.05, 3.63) is 52.8 Å². The maximum Gasteiger partial charge on any atom is 0.254 e. The highest BCUT2D eigenvalue weighted by atomic mass is 35.5. The van der Waals surface area contributed by atoms with Crippen LogP contribution in [0, 0.1) is 0 Å². The topological polar surface area (TPSA) is 66.9 Å². The smallest absolute Gasteiger partial charge is 0.254 e. The largest absolute Gasteiger partial charge is 0.351 e. The maximum atomic E-state index is 12.1. The summed E-state index contributed by atoms with van der Waals surface area (Å²) in [6.45, 7) is 0.443. The molecule has 0 spiro atoms. The molecule has 0 bridgehead atoms. The first kappa shape index (κ1) is 16.7. The lowest BCUT2D eigenvalue weighted by molar-refractivity contribution is 0.0950. The molecule has 24 heavy (non-hydrogen) atoms. The van der Waals surface area contributed by atoms with Gasteiger partial charge < -0.3 is 10.6 Å². The minimum absolute atomic E-state index is 0.186. The summed E-state index contributed by atoms with van der Waals surface area (Å²) < 4.78 is 0. The molecule has 0 aliphatic heterocycles. The molecule has 3 rings (SSSR count). The van der Waals surface area contributed by atoms with Gasteiger partial charge in [0.2, 0.25) is 5.95 Å². The molecular weight excluding hydrogens is 324 g/mol. The van der Waals surface area contributed by atoms with Crippen molar-refractivity contribution in [2.24, 2.45) is 0 Å². The lowest BCUT2D eigenvalue weighted by Gasteiger charge is -2.22. The molecule has 1 aliphatic rings. The third-order valence-corrected chi connectivity index (χ3v) is 4.47. The van der Waals surface area contributed by atoms with Gasteiger partial charge in [0.15, 0.2) is 0 Å². The number of hydrogen-bond donors (Lipinski definition) is 2. The van der Waals surface area contributed by atoms with Crippen molar-refractivity contribution in [1.82, 2.24) is 15.3 Å². The number of benzene rings is 1. The van der Waals surface area contributed by atoms with Gasteiger partial charge in [0.1, 0.15) is 0 Å². The highest BCUT2D eigenvalue weighted by Gasteiger charge is 2.14. The highest BCUT2D eigenvalue weighted by molar-refractivity contribution is 6.30. The van der Waals surface area contributed by atoms with Crippen LogP contribution in [0.3, 0.4) is 0 Å². The first-order valence-corrected chi connectivity index (χ1v) is 8.70. The van der Waals surface area contributed by atoms with Gasteiger partial charge in [-0.05, 0) is 30.5 Å². The van der Waals surface area contributed by atoms with Gasteiger partial charge in [-0.25, -0.2) is 9.97 Å². The monoisotopic (exact) mass is 344 g/mol. The summed E-state index contributed by atoms with van der Waals surface area (Å²) in [6.07, 6.45) is 9.27. The number of aromatic nitrogens is 2. The van der Waals surface area contributed by atoms with Gasteiger partial charge in [-0.3, -0.25) is 4.79 Å². The quantitative estimate of drug-likeness (QED) is 0.865. The van der Waals surface area contributed by atoms with Crippen molar-refractivity contribution in [3.63, 3.8) is 0 Å². The second kappa shape index (κ2) is 8.11. The minimum atomic E-state index is -0.186. The van der Waals surface area contributed by atoms with Crippen LogP contribution in [0.5, 0.6) is 0 Å². The Morgan fingerprint density at radius 1 is 1.08 bits per heavy atom. The average molecular weight is 345 g/mol. The molecule has 1 aromatic heterocycles. The number of hydrogen-bond acceptors (Lipinski definition) is 4. The van der Waals surface area contributed by atoms with E-state index in [4.69, 9.17) is 11.6 Å².